The van der Waals surface area contributed by atoms with E-state index in [4.69, 9.17) is 5.73 Å². The zero-order valence-corrected chi connectivity index (χ0v) is 10.1. The fourth-order valence-corrected chi connectivity index (χ4v) is 2.07. The molecule has 3 nitrogen and oxygen atoms in total. The SMILES string of the molecule is Cc1ccc(CNC(=O)CC(C)CN)s1. The summed E-state index contributed by atoms with van der Waals surface area (Å²) < 4.78 is 0. The maximum atomic E-state index is 11.4. The van der Waals surface area contributed by atoms with Crippen molar-refractivity contribution < 1.29 is 4.79 Å². The Bertz CT molecular complexity index is 322. The van der Waals surface area contributed by atoms with E-state index in [1.165, 1.54) is 9.75 Å². The number of thiophene rings is 1. The lowest BCUT2D eigenvalue weighted by Gasteiger charge is -2.08. The first-order valence-corrected chi connectivity index (χ1v) is 5.95. The van der Waals surface area contributed by atoms with Crippen LogP contribution in [0.4, 0.5) is 0 Å². The molecule has 0 aromatic carbocycles. The largest absolute Gasteiger partial charge is 0.351 e. The first-order valence-electron chi connectivity index (χ1n) is 5.14. The normalized spacial score (nSPS) is 12.5. The number of hydrogen-bond donors (Lipinski definition) is 2. The fraction of sp³-hybridized carbons (Fsp3) is 0.545. The van der Waals surface area contributed by atoms with Gasteiger partial charge in [-0.15, -0.1) is 11.3 Å². The molecule has 4 heteroatoms. The number of aryl methyl sites for hydroxylation is 1. The maximum Gasteiger partial charge on any atom is 0.220 e. The Morgan fingerprint density at radius 3 is 2.87 bits per heavy atom. The second-order valence-corrected chi connectivity index (χ2v) is 5.21. The minimum atomic E-state index is 0.0824. The van der Waals surface area contributed by atoms with Crippen molar-refractivity contribution in [2.45, 2.75) is 26.8 Å². The molecule has 0 radical (unpaired) electrons. The van der Waals surface area contributed by atoms with Gasteiger partial charge in [-0.1, -0.05) is 6.92 Å². The molecule has 1 rings (SSSR count). The molecule has 1 heterocycles. The molecule has 1 amide bonds. The van der Waals surface area contributed by atoms with Crippen molar-refractivity contribution in [1.29, 1.82) is 0 Å². The van der Waals surface area contributed by atoms with E-state index < -0.39 is 0 Å². The van der Waals surface area contributed by atoms with Gasteiger partial charge in [0.15, 0.2) is 0 Å². The molecule has 0 aliphatic carbocycles. The van der Waals surface area contributed by atoms with Gasteiger partial charge in [0, 0.05) is 16.2 Å². The van der Waals surface area contributed by atoms with Gasteiger partial charge < -0.3 is 11.1 Å². The third-order valence-corrected chi connectivity index (χ3v) is 3.19. The Kier molecular flexibility index (Phi) is 4.78. The van der Waals surface area contributed by atoms with Crippen LogP contribution in [0.25, 0.3) is 0 Å². The molecule has 0 fully saturated rings. The Labute approximate surface area is 94.7 Å². The van der Waals surface area contributed by atoms with Crippen LogP contribution in [0.15, 0.2) is 12.1 Å². The summed E-state index contributed by atoms with van der Waals surface area (Å²) in [6, 6.07) is 4.11. The van der Waals surface area contributed by atoms with Gasteiger partial charge in [0.05, 0.1) is 6.54 Å². The molecule has 3 N–H and O–H groups in total. The summed E-state index contributed by atoms with van der Waals surface area (Å²) in [5.41, 5.74) is 5.45. The Morgan fingerprint density at radius 2 is 2.33 bits per heavy atom. The second-order valence-electron chi connectivity index (χ2n) is 3.83. The third kappa shape index (κ3) is 4.44. The summed E-state index contributed by atoms with van der Waals surface area (Å²) >= 11 is 1.71. The number of rotatable bonds is 5. The number of carbonyl (C=O) groups is 1. The number of amides is 1. The van der Waals surface area contributed by atoms with Crippen LogP contribution in [0, 0.1) is 12.8 Å². The predicted octanol–water partition coefficient (Wildman–Crippen LogP) is 1.66. The molecule has 1 aromatic rings. The van der Waals surface area contributed by atoms with Crippen LogP contribution in [-0.2, 0) is 11.3 Å². The van der Waals surface area contributed by atoms with E-state index in [1.807, 2.05) is 13.0 Å². The van der Waals surface area contributed by atoms with Crippen LogP contribution >= 0.6 is 11.3 Å². The average molecular weight is 226 g/mol. The Hall–Kier alpha value is -0.870. The molecule has 0 bridgehead atoms. The Morgan fingerprint density at radius 1 is 1.60 bits per heavy atom. The van der Waals surface area contributed by atoms with Crippen LogP contribution in [0.3, 0.4) is 0 Å². The topological polar surface area (TPSA) is 55.1 Å². The average Bonchev–Trinajstić information content (AvgIpc) is 2.61. The lowest BCUT2D eigenvalue weighted by Crippen LogP contribution is -2.26. The lowest BCUT2D eigenvalue weighted by atomic mass is 10.1. The maximum absolute atomic E-state index is 11.4. The molecule has 0 spiro atoms. The van der Waals surface area contributed by atoms with E-state index in [0.29, 0.717) is 19.5 Å². The van der Waals surface area contributed by atoms with Gasteiger partial charge in [-0.2, -0.15) is 0 Å². The number of nitrogens with two attached hydrogens (primary N) is 1. The van der Waals surface area contributed by atoms with Crippen molar-refractivity contribution >= 4 is 17.2 Å². The van der Waals surface area contributed by atoms with Crippen molar-refractivity contribution in [2.75, 3.05) is 6.54 Å². The van der Waals surface area contributed by atoms with Crippen LogP contribution in [0.1, 0.15) is 23.1 Å². The Balaban J connectivity index is 2.28. The van der Waals surface area contributed by atoms with E-state index in [1.54, 1.807) is 11.3 Å². The fourth-order valence-electron chi connectivity index (χ4n) is 1.24. The highest BCUT2D eigenvalue weighted by Crippen LogP contribution is 2.14. The first kappa shape index (κ1) is 12.2. The van der Waals surface area contributed by atoms with Gasteiger partial charge in [0.25, 0.3) is 0 Å². The van der Waals surface area contributed by atoms with Gasteiger partial charge in [-0.25, -0.2) is 0 Å². The third-order valence-electron chi connectivity index (χ3n) is 2.19. The highest BCUT2D eigenvalue weighted by atomic mass is 32.1. The molecule has 0 saturated carbocycles. The van der Waals surface area contributed by atoms with Crippen molar-refractivity contribution in [3.63, 3.8) is 0 Å². The molecular weight excluding hydrogens is 208 g/mol. The molecule has 0 saturated heterocycles. The van der Waals surface area contributed by atoms with Crippen LogP contribution in [-0.4, -0.2) is 12.5 Å². The minimum absolute atomic E-state index is 0.0824. The number of hydrogen-bond acceptors (Lipinski definition) is 3. The molecule has 84 valence electrons. The van der Waals surface area contributed by atoms with Crippen LogP contribution < -0.4 is 11.1 Å². The summed E-state index contributed by atoms with van der Waals surface area (Å²) in [5.74, 6) is 0.342. The zero-order valence-electron chi connectivity index (χ0n) is 9.25. The smallest absolute Gasteiger partial charge is 0.220 e. The van der Waals surface area contributed by atoms with Gasteiger partial charge in [-0.05, 0) is 31.5 Å². The summed E-state index contributed by atoms with van der Waals surface area (Å²) in [6.45, 7) is 5.24. The summed E-state index contributed by atoms with van der Waals surface area (Å²) in [4.78, 5) is 13.9. The highest BCUT2D eigenvalue weighted by Gasteiger charge is 2.07. The minimum Gasteiger partial charge on any atom is -0.351 e. The van der Waals surface area contributed by atoms with E-state index in [9.17, 15) is 4.79 Å². The van der Waals surface area contributed by atoms with Crippen molar-refractivity contribution in [1.82, 2.24) is 5.32 Å². The lowest BCUT2D eigenvalue weighted by molar-refractivity contribution is -0.122. The molecule has 1 atom stereocenters. The molecule has 1 aromatic heterocycles. The monoisotopic (exact) mass is 226 g/mol. The van der Waals surface area contributed by atoms with Gasteiger partial charge in [-0.3, -0.25) is 4.79 Å². The number of carbonyl (C=O) groups excluding carboxylic acids is 1. The molecule has 0 aliphatic rings. The summed E-state index contributed by atoms with van der Waals surface area (Å²) in [5, 5.41) is 2.89. The molecule has 15 heavy (non-hydrogen) atoms. The van der Waals surface area contributed by atoms with Crippen LogP contribution in [0.5, 0.6) is 0 Å². The quantitative estimate of drug-likeness (QED) is 0.802. The van der Waals surface area contributed by atoms with E-state index in [2.05, 4.69) is 18.3 Å². The molecule has 1 unspecified atom stereocenters. The number of nitrogens with one attached hydrogen (secondary N) is 1. The highest BCUT2D eigenvalue weighted by molar-refractivity contribution is 7.11. The standard InChI is InChI=1S/C11H18N2OS/c1-8(6-12)5-11(14)13-7-10-4-3-9(2)15-10/h3-4,8H,5-7,12H2,1-2H3,(H,13,14). The second kappa shape index (κ2) is 5.88. The zero-order chi connectivity index (χ0) is 11.3. The molecular formula is C11H18N2OS. The van der Waals surface area contributed by atoms with Crippen LogP contribution in [0.2, 0.25) is 0 Å². The summed E-state index contributed by atoms with van der Waals surface area (Å²) in [7, 11) is 0. The van der Waals surface area contributed by atoms with Gasteiger partial charge in [0.1, 0.15) is 0 Å². The molecule has 0 aliphatic heterocycles. The van der Waals surface area contributed by atoms with Crippen molar-refractivity contribution in [2.24, 2.45) is 11.7 Å². The van der Waals surface area contributed by atoms with Gasteiger partial charge in [0.2, 0.25) is 5.91 Å². The predicted molar refractivity (Wildman–Crippen MR) is 63.7 cm³/mol. The summed E-state index contributed by atoms with van der Waals surface area (Å²) in [6.07, 6.45) is 0.515. The van der Waals surface area contributed by atoms with Crippen molar-refractivity contribution in [3.05, 3.63) is 21.9 Å². The first-order chi connectivity index (χ1) is 7.11. The van der Waals surface area contributed by atoms with E-state index in [-0.39, 0.29) is 11.8 Å². The van der Waals surface area contributed by atoms with E-state index in [0.717, 1.165) is 0 Å². The van der Waals surface area contributed by atoms with E-state index >= 15 is 0 Å². The van der Waals surface area contributed by atoms with Crippen molar-refractivity contribution in [3.8, 4) is 0 Å². The van der Waals surface area contributed by atoms with Gasteiger partial charge >= 0.3 is 0 Å².